The van der Waals surface area contributed by atoms with E-state index in [4.69, 9.17) is 0 Å². The van der Waals surface area contributed by atoms with Gasteiger partial charge in [-0.3, -0.25) is 0 Å². The van der Waals surface area contributed by atoms with E-state index >= 15 is 0 Å². The van der Waals surface area contributed by atoms with Gasteiger partial charge in [-0.2, -0.15) is 0 Å². The van der Waals surface area contributed by atoms with Crippen molar-refractivity contribution >= 4 is 0 Å². The molecular formula is C19H30. The van der Waals surface area contributed by atoms with Crippen LogP contribution in [0.25, 0.3) is 0 Å². The molecule has 0 bridgehead atoms. The average Bonchev–Trinajstić information content (AvgIpc) is 2.46. The Kier molecular flexibility index (Phi) is 5.94. The number of unbranched alkanes of at least 4 members (excludes halogenated alkanes) is 3. The summed E-state index contributed by atoms with van der Waals surface area (Å²) in [4.78, 5) is 0. The van der Waals surface area contributed by atoms with Crippen molar-refractivity contribution < 1.29 is 0 Å². The molecule has 0 amide bonds. The number of benzene rings is 1. The Bertz CT molecular complexity index is 332. The minimum Gasteiger partial charge on any atom is -0.0654 e. The zero-order chi connectivity index (χ0) is 13.4. The van der Waals surface area contributed by atoms with Crippen LogP contribution in [0.15, 0.2) is 30.3 Å². The monoisotopic (exact) mass is 258 g/mol. The van der Waals surface area contributed by atoms with Crippen molar-refractivity contribution in [2.75, 3.05) is 0 Å². The normalized spacial score (nSPS) is 18.4. The van der Waals surface area contributed by atoms with E-state index in [0.29, 0.717) is 5.41 Å². The molecule has 0 atom stereocenters. The maximum atomic E-state index is 2.32. The lowest BCUT2D eigenvalue weighted by Gasteiger charge is -2.38. The molecule has 0 radical (unpaired) electrons. The van der Waals surface area contributed by atoms with Gasteiger partial charge < -0.3 is 0 Å². The highest BCUT2D eigenvalue weighted by Crippen LogP contribution is 2.43. The maximum absolute atomic E-state index is 2.32. The Hall–Kier alpha value is -0.780. The summed E-state index contributed by atoms with van der Waals surface area (Å²) in [7, 11) is 0. The average molecular weight is 258 g/mol. The first kappa shape index (κ1) is 14.6. The van der Waals surface area contributed by atoms with Crippen LogP contribution >= 0.6 is 0 Å². The molecule has 1 saturated carbocycles. The van der Waals surface area contributed by atoms with Crippen molar-refractivity contribution in [3.63, 3.8) is 0 Å². The topological polar surface area (TPSA) is 0 Å². The zero-order valence-corrected chi connectivity index (χ0v) is 12.7. The summed E-state index contributed by atoms with van der Waals surface area (Å²) in [5, 5.41) is 0. The highest BCUT2D eigenvalue weighted by atomic mass is 14.4. The van der Waals surface area contributed by atoms with Crippen LogP contribution in [0.5, 0.6) is 0 Å². The third-order valence-electron chi connectivity index (χ3n) is 4.90. The van der Waals surface area contributed by atoms with Gasteiger partial charge >= 0.3 is 0 Å². The first-order chi connectivity index (χ1) is 9.35. The van der Waals surface area contributed by atoms with Crippen LogP contribution in [0.3, 0.4) is 0 Å². The van der Waals surface area contributed by atoms with Crippen molar-refractivity contribution in [3.05, 3.63) is 35.9 Å². The van der Waals surface area contributed by atoms with E-state index < -0.39 is 0 Å². The second kappa shape index (κ2) is 7.72. The van der Waals surface area contributed by atoms with E-state index in [9.17, 15) is 0 Å². The van der Waals surface area contributed by atoms with Crippen LogP contribution in [-0.2, 0) is 6.42 Å². The molecular weight excluding hydrogens is 228 g/mol. The van der Waals surface area contributed by atoms with Gasteiger partial charge in [0.25, 0.3) is 0 Å². The summed E-state index contributed by atoms with van der Waals surface area (Å²) < 4.78 is 0. The molecule has 0 aromatic heterocycles. The predicted octanol–water partition coefficient (Wildman–Crippen LogP) is 6.15. The molecule has 19 heavy (non-hydrogen) atoms. The van der Waals surface area contributed by atoms with Crippen LogP contribution in [0, 0.1) is 5.41 Å². The minimum atomic E-state index is 0.632. The molecule has 2 rings (SSSR count). The van der Waals surface area contributed by atoms with Gasteiger partial charge in [0.05, 0.1) is 0 Å². The zero-order valence-electron chi connectivity index (χ0n) is 12.7. The van der Waals surface area contributed by atoms with Gasteiger partial charge in [-0.1, -0.05) is 82.2 Å². The Morgan fingerprint density at radius 3 is 2.32 bits per heavy atom. The molecule has 0 aliphatic heterocycles. The fourth-order valence-corrected chi connectivity index (χ4v) is 3.77. The molecule has 0 unspecified atom stereocenters. The third kappa shape index (κ3) is 4.67. The van der Waals surface area contributed by atoms with E-state index in [0.717, 1.165) is 0 Å². The van der Waals surface area contributed by atoms with Gasteiger partial charge in [0.1, 0.15) is 0 Å². The largest absolute Gasteiger partial charge is 0.0654 e. The predicted molar refractivity (Wildman–Crippen MR) is 84.4 cm³/mol. The van der Waals surface area contributed by atoms with E-state index in [1.807, 2.05) is 0 Å². The molecule has 106 valence electrons. The lowest BCUT2D eigenvalue weighted by molar-refractivity contribution is 0.165. The quantitative estimate of drug-likeness (QED) is 0.514. The first-order valence-electron chi connectivity index (χ1n) is 8.39. The van der Waals surface area contributed by atoms with E-state index in [1.54, 1.807) is 5.56 Å². The fraction of sp³-hybridized carbons (Fsp3) is 0.684. The summed E-state index contributed by atoms with van der Waals surface area (Å²) >= 11 is 0. The van der Waals surface area contributed by atoms with Crippen molar-refractivity contribution in [2.24, 2.45) is 5.41 Å². The van der Waals surface area contributed by atoms with Gasteiger partial charge in [-0.15, -0.1) is 0 Å². The Labute approximate surface area is 119 Å². The van der Waals surface area contributed by atoms with Gasteiger partial charge in [-0.05, 0) is 36.7 Å². The Morgan fingerprint density at radius 2 is 1.63 bits per heavy atom. The van der Waals surface area contributed by atoms with Gasteiger partial charge in [0.2, 0.25) is 0 Å². The lowest BCUT2D eigenvalue weighted by atomic mass is 9.67. The molecule has 1 aromatic carbocycles. The molecule has 0 nitrogen and oxygen atoms in total. The molecule has 0 saturated heterocycles. The van der Waals surface area contributed by atoms with E-state index in [-0.39, 0.29) is 0 Å². The summed E-state index contributed by atoms with van der Waals surface area (Å²) in [5.74, 6) is 0. The molecule has 0 heteroatoms. The molecule has 1 aliphatic rings. The van der Waals surface area contributed by atoms with Crippen LogP contribution in [0.2, 0.25) is 0 Å². The van der Waals surface area contributed by atoms with Gasteiger partial charge in [0, 0.05) is 0 Å². The standard InChI is InChI=1S/C19H30/c1-2-3-4-9-14-19(15-10-6-11-16-19)17-18-12-7-5-8-13-18/h5,7-8,12-13H,2-4,6,9-11,14-17H2,1H3. The summed E-state index contributed by atoms with van der Waals surface area (Å²) in [6, 6.07) is 11.2. The molecule has 1 fully saturated rings. The Balaban J connectivity index is 1.94. The summed E-state index contributed by atoms with van der Waals surface area (Å²) in [6.07, 6.45) is 15.7. The maximum Gasteiger partial charge on any atom is -0.0222 e. The number of rotatable bonds is 7. The van der Waals surface area contributed by atoms with E-state index in [1.165, 1.54) is 70.6 Å². The first-order valence-corrected chi connectivity index (χ1v) is 8.39. The van der Waals surface area contributed by atoms with Crippen molar-refractivity contribution in [3.8, 4) is 0 Å². The third-order valence-corrected chi connectivity index (χ3v) is 4.90. The molecule has 0 spiro atoms. The smallest absolute Gasteiger partial charge is 0.0222 e. The van der Waals surface area contributed by atoms with Crippen molar-refractivity contribution in [1.82, 2.24) is 0 Å². The fourth-order valence-electron chi connectivity index (χ4n) is 3.77. The second-order valence-corrected chi connectivity index (χ2v) is 6.53. The number of hydrogen-bond acceptors (Lipinski definition) is 0. The van der Waals surface area contributed by atoms with Crippen LogP contribution in [-0.4, -0.2) is 0 Å². The summed E-state index contributed by atoms with van der Waals surface area (Å²) in [6.45, 7) is 2.31. The lowest BCUT2D eigenvalue weighted by Crippen LogP contribution is -2.26. The SMILES string of the molecule is CCCCCCC1(Cc2ccccc2)CCCCC1. The molecule has 0 heterocycles. The number of hydrogen-bond donors (Lipinski definition) is 0. The van der Waals surface area contributed by atoms with Gasteiger partial charge in [-0.25, -0.2) is 0 Å². The van der Waals surface area contributed by atoms with Crippen LogP contribution in [0.1, 0.15) is 76.7 Å². The Morgan fingerprint density at radius 1 is 0.895 bits per heavy atom. The highest BCUT2D eigenvalue weighted by Gasteiger charge is 2.31. The minimum absolute atomic E-state index is 0.632. The van der Waals surface area contributed by atoms with Crippen molar-refractivity contribution in [1.29, 1.82) is 0 Å². The molecule has 1 aromatic rings. The second-order valence-electron chi connectivity index (χ2n) is 6.53. The van der Waals surface area contributed by atoms with E-state index in [2.05, 4.69) is 37.3 Å². The van der Waals surface area contributed by atoms with Crippen molar-refractivity contribution in [2.45, 2.75) is 77.6 Å². The van der Waals surface area contributed by atoms with Gasteiger partial charge in [0.15, 0.2) is 0 Å². The molecule has 1 aliphatic carbocycles. The van der Waals surface area contributed by atoms with Crippen LogP contribution in [0.4, 0.5) is 0 Å². The van der Waals surface area contributed by atoms with Crippen LogP contribution < -0.4 is 0 Å². The highest BCUT2D eigenvalue weighted by molar-refractivity contribution is 5.16. The molecule has 0 N–H and O–H groups in total. The summed E-state index contributed by atoms with van der Waals surface area (Å²) in [5.41, 5.74) is 2.19.